The minimum atomic E-state index is -0.0684. The van der Waals surface area contributed by atoms with Crippen LogP contribution in [0.4, 0.5) is 5.69 Å². The van der Waals surface area contributed by atoms with Gasteiger partial charge in [-0.25, -0.2) is 0 Å². The second kappa shape index (κ2) is 9.69. The van der Waals surface area contributed by atoms with Crippen molar-refractivity contribution in [1.82, 2.24) is 9.78 Å². The van der Waals surface area contributed by atoms with Gasteiger partial charge in [-0.1, -0.05) is 26.0 Å². The summed E-state index contributed by atoms with van der Waals surface area (Å²) in [6.45, 7) is 9.15. The maximum Gasteiger partial charge on any atom is 0.228 e. The highest BCUT2D eigenvalue weighted by Crippen LogP contribution is 2.33. The molecule has 1 aromatic heterocycles. The van der Waals surface area contributed by atoms with Gasteiger partial charge >= 0.3 is 0 Å². The van der Waals surface area contributed by atoms with E-state index in [-0.39, 0.29) is 5.91 Å². The van der Waals surface area contributed by atoms with Gasteiger partial charge in [0.25, 0.3) is 0 Å². The molecule has 3 aromatic rings. The van der Waals surface area contributed by atoms with Crippen molar-refractivity contribution in [1.29, 1.82) is 0 Å². The molecule has 1 N–H and O–H groups in total. The number of carbonyl (C=O) groups excluding carboxylic acids is 1. The van der Waals surface area contributed by atoms with Gasteiger partial charge in [-0.15, -0.1) is 0 Å². The molecule has 164 valence electrons. The molecule has 3 rings (SSSR count). The van der Waals surface area contributed by atoms with E-state index < -0.39 is 0 Å². The first kappa shape index (κ1) is 22.4. The molecule has 0 saturated heterocycles. The summed E-state index contributed by atoms with van der Waals surface area (Å²) in [4.78, 5) is 12.8. The Morgan fingerprint density at radius 3 is 2.39 bits per heavy atom. The fourth-order valence-electron chi connectivity index (χ4n) is 3.66. The van der Waals surface area contributed by atoms with Gasteiger partial charge in [0, 0.05) is 29.1 Å². The maximum absolute atomic E-state index is 12.8. The minimum absolute atomic E-state index is 0.0684. The van der Waals surface area contributed by atoms with Gasteiger partial charge in [-0.2, -0.15) is 5.10 Å². The maximum atomic E-state index is 12.8. The number of amides is 1. The number of hydrogen-bond donors (Lipinski definition) is 1. The van der Waals surface area contributed by atoms with E-state index in [4.69, 9.17) is 9.47 Å². The van der Waals surface area contributed by atoms with Crippen LogP contribution in [0.5, 0.6) is 11.5 Å². The van der Waals surface area contributed by atoms with Crippen LogP contribution >= 0.6 is 0 Å². The highest BCUT2D eigenvalue weighted by atomic mass is 16.5. The van der Waals surface area contributed by atoms with Crippen LogP contribution in [0, 0.1) is 19.8 Å². The average molecular weight is 422 g/mol. The van der Waals surface area contributed by atoms with Crippen LogP contribution in [0.15, 0.2) is 42.5 Å². The van der Waals surface area contributed by atoms with Crippen molar-refractivity contribution in [2.45, 2.75) is 40.7 Å². The van der Waals surface area contributed by atoms with E-state index >= 15 is 0 Å². The van der Waals surface area contributed by atoms with E-state index in [1.807, 2.05) is 61.0 Å². The lowest BCUT2D eigenvalue weighted by Crippen LogP contribution is -2.15. The van der Waals surface area contributed by atoms with Crippen molar-refractivity contribution in [3.8, 4) is 22.6 Å². The first-order valence-electron chi connectivity index (χ1n) is 10.5. The lowest BCUT2D eigenvalue weighted by molar-refractivity contribution is -0.115. The summed E-state index contributed by atoms with van der Waals surface area (Å²) in [5, 5.41) is 7.63. The first-order chi connectivity index (χ1) is 14.8. The van der Waals surface area contributed by atoms with Gasteiger partial charge < -0.3 is 14.8 Å². The Hall–Kier alpha value is -3.28. The summed E-state index contributed by atoms with van der Waals surface area (Å²) in [6.07, 6.45) is 0.291. The molecular weight excluding hydrogens is 390 g/mol. The Labute approximate surface area is 184 Å². The largest absolute Gasteiger partial charge is 0.497 e. The molecular formula is C25H31N3O3. The number of aromatic nitrogens is 2. The Bertz CT molecular complexity index is 1050. The highest BCUT2D eigenvalue weighted by Gasteiger charge is 2.16. The number of carbonyl (C=O) groups is 1. The number of nitrogens with zero attached hydrogens (tertiary/aromatic N) is 2. The molecule has 0 aliphatic heterocycles. The predicted octanol–water partition coefficient (Wildman–Crippen LogP) is 5.02. The summed E-state index contributed by atoms with van der Waals surface area (Å²) in [5.41, 5.74) is 5.55. The van der Waals surface area contributed by atoms with Crippen LogP contribution in [0.3, 0.4) is 0 Å². The van der Waals surface area contributed by atoms with Crippen molar-refractivity contribution < 1.29 is 14.3 Å². The average Bonchev–Trinajstić information content (AvgIpc) is 3.00. The van der Waals surface area contributed by atoms with Crippen LogP contribution in [-0.4, -0.2) is 29.9 Å². The fourth-order valence-corrected chi connectivity index (χ4v) is 3.66. The molecule has 0 radical (unpaired) electrons. The van der Waals surface area contributed by atoms with Crippen molar-refractivity contribution in [2.24, 2.45) is 5.92 Å². The topological polar surface area (TPSA) is 65.4 Å². The number of ether oxygens (including phenoxy) is 2. The molecule has 0 aliphatic carbocycles. The van der Waals surface area contributed by atoms with E-state index in [0.29, 0.717) is 12.3 Å². The van der Waals surface area contributed by atoms with Crippen molar-refractivity contribution in [3.05, 3.63) is 59.4 Å². The van der Waals surface area contributed by atoms with Gasteiger partial charge in [0.1, 0.15) is 11.5 Å². The van der Waals surface area contributed by atoms with Crippen molar-refractivity contribution >= 4 is 11.6 Å². The van der Waals surface area contributed by atoms with Gasteiger partial charge in [0.15, 0.2) is 0 Å². The molecule has 6 nitrogen and oxygen atoms in total. The molecule has 0 unspecified atom stereocenters. The summed E-state index contributed by atoms with van der Waals surface area (Å²) in [5.74, 6) is 1.96. The standard InChI is InChI=1S/C25H31N3O3/c1-16(2)15-28-18(4)22(17(3)27-28)14-25(29)26-20-9-12-24(31-6)23(13-20)19-7-10-21(30-5)11-8-19/h7-13,16H,14-15H2,1-6H3,(H,26,29). The van der Waals surface area contributed by atoms with Crippen molar-refractivity contribution in [3.63, 3.8) is 0 Å². The SMILES string of the molecule is COc1ccc(-c2cc(NC(=O)Cc3c(C)nn(CC(C)C)c3C)ccc2OC)cc1. The first-order valence-corrected chi connectivity index (χ1v) is 10.5. The Morgan fingerprint density at radius 2 is 1.77 bits per heavy atom. The smallest absolute Gasteiger partial charge is 0.228 e. The third-order valence-corrected chi connectivity index (χ3v) is 5.29. The van der Waals surface area contributed by atoms with Gasteiger partial charge in [0.2, 0.25) is 5.91 Å². The number of anilines is 1. The second-order valence-electron chi connectivity index (χ2n) is 8.09. The van der Waals surface area contributed by atoms with Crippen LogP contribution in [0.2, 0.25) is 0 Å². The Morgan fingerprint density at radius 1 is 1.06 bits per heavy atom. The van der Waals surface area contributed by atoms with Gasteiger partial charge in [-0.05, 0) is 55.7 Å². The van der Waals surface area contributed by atoms with Crippen LogP contribution in [0.25, 0.3) is 11.1 Å². The zero-order chi connectivity index (χ0) is 22.5. The number of hydrogen-bond acceptors (Lipinski definition) is 4. The third-order valence-electron chi connectivity index (χ3n) is 5.29. The molecule has 0 aliphatic rings. The Balaban J connectivity index is 1.80. The molecule has 0 bridgehead atoms. The lowest BCUT2D eigenvalue weighted by Gasteiger charge is -2.13. The number of methoxy groups -OCH3 is 2. The number of rotatable bonds is 8. The van der Waals surface area contributed by atoms with Crippen molar-refractivity contribution in [2.75, 3.05) is 19.5 Å². The molecule has 0 spiro atoms. The quantitative estimate of drug-likeness (QED) is 0.555. The number of aryl methyl sites for hydroxylation is 1. The van der Waals surface area contributed by atoms with Crippen LogP contribution in [0.1, 0.15) is 30.8 Å². The predicted molar refractivity (Wildman–Crippen MR) is 124 cm³/mol. The van der Waals surface area contributed by atoms with E-state index in [9.17, 15) is 4.79 Å². The highest BCUT2D eigenvalue weighted by molar-refractivity contribution is 5.93. The van der Waals surface area contributed by atoms with Crippen LogP contribution in [-0.2, 0) is 17.8 Å². The molecule has 31 heavy (non-hydrogen) atoms. The normalized spacial score (nSPS) is 10.9. The van der Waals surface area contributed by atoms with Gasteiger partial charge in [0.05, 0.1) is 26.3 Å². The second-order valence-corrected chi connectivity index (χ2v) is 8.09. The number of nitrogens with one attached hydrogen (secondary N) is 1. The molecule has 1 amide bonds. The zero-order valence-corrected chi connectivity index (χ0v) is 19.2. The summed E-state index contributed by atoms with van der Waals surface area (Å²) in [6, 6.07) is 13.4. The fraction of sp³-hybridized carbons (Fsp3) is 0.360. The van der Waals surface area contributed by atoms with E-state index in [2.05, 4.69) is 24.3 Å². The van der Waals surface area contributed by atoms with E-state index in [1.54, 1.807) is 14.2 Å². The van der Waals surface area contributed by atoms with Gasteiger partial charge in [-0.3, -0.25) is 9.48 Å². The van der Waals surface area contributed by atoms with E-state index in [1.165, 1.54) is 0 Å². The zero-order valence-electron chi connectivity index (χ0n) is 19.2. The molecule has 0 fully saturated rings. The van der Waals surface area contributed by atoms with Crippen LogP contribution < -0.4 is 14.8 Å². The summed E-state index contributed by atoms with van der Waals surface area (Å²) < 4.78 is 12.8. The molecule has 1 heterocycles. The summed E-state index contributed by atoms with van der Waals surface area (Å²) in [7, 11) is 3.28. The summed E-state index contributed by atoms with van der Waals surface area (Å²) >= 11 is 0. The molecule has 6 heteroatoms. The third kappa shape index (κ3) is 5.26. The number of benzene rings is 2. The monoisotopic (exact) mass is 421 g/mol. The molecule has 0 saturated carbocycles. The lowest BCUT2D eigenvalue weighted by atomic mass is 10.0. The molecule has 2 aromatic carbocycles. The molecule has 0 atom stereocenters. The minimum Gasteiger partial charge on any atom is -0.497 e. The Kier molecular flexibility index (Phi) is 7.00. The van der Waals surface area contributed by atoms with E-state index in [0.717, 1.165) is 51.8 Å².